The van der Waals surface area contributed by atoms with Gasteiger partial charge in [0.15, 0.2) is 0 Å². The molecule has 1 atom stereocenters. The molecule has 0 aliphatic heterocycles. The van der Waals surface area contributed by atoms with E-state index < -0.39 is 40.2 Å². The zero-order chi connectivity index (χ0) is 27.2. The predicted molar refractivity (Wildman–Crippen MR) is 144 cm³/mol. The molecule has 0 fully saturated rings. The highest BCUT2D eigenvalue weighted by Gasteiger charge is 2.33. The number of sulfonamides is 1. The molecule has 2 amide bonds. The predicted octanol–water partition coefficient (Wildman–Crippen LogP) is 4.28. The van der Waals surface area contributed by atoms with Crippen molar-refractivity contribution in [2.24, 2.45) is 0 Å². The Kier molecular flexibility index (Phi) is 9.53. The van der Waals surface area contributed by atoms with E-state index in [0.29, 0.717) is 10.6 Å². The number of amides is 2. The van der Waals surface area contributed by atoms with Crippen molar-refractivity contribution in [3.05, 3.63) is 99.8 Å². The second-order valence-corrected chi connectivity index (χ2v) is 11.1. The summed E-state index contributed by atoms with van der Waals surface area (Å²) in [6.07, 6.45) is 1.13. The van der Waals surface area contributed by atoms with Gasteiger partial charge in [0.25, 0.3) is 0 Å². The molecule has 196 valence electrons. The maximum atomic E-state index is 13.8. The molecule has 7 nitrogen and oxygen atoms in total. The number of likely N-dealkylation sites (N-methyl/N-ethyl adjacent to an activating group) is 1. The van der Waals surface area contributed by atoms with Crippen molar-refractivity contribution < 1.29 is 22.4 Å². The summed E-state index contributed by atoms with van der Waals surface area (Å²) in [6, 6.07) is 17.9. The Morgan fingerprint density at radius 3 is 2.19 bits per heavy atom. The van der Waals surface area contributed by atoms with E-state index in [4.69, 9.17) is 23.2 Å². The average Bonchev–Trinajstić information content (AvgIpc) is 2.85. The first-order chi connectivity index (χ1) is 17.5. The van der Waals surface area contributed by atoms with Gasteiger partial charge >= 0.3 is 0 Å². The smallest absolute Gasteiger partial charge is 0.244 e. The quantitative estimate of drug-likeness (QED) is 0.397. The Morgan fingerprint density at radius 1 is 0.973 bits per heavy atom. The summed E-state index contributed by atoms with van der Waals surface area (Å²) < 4.78 is 39.8. The minimum atomic E-state index is -3.96. The lowest BCUT2D eigenvalue weighted by atomic mass is 10.0. The number of rotatable bonds is 10. The van der Waals surface area contributed by atoms with Crippen LogP contribution < -0.4 is 9.62 Å². The molecule has 1 N–H and O–H groups in total. The maximum Gasteiger partial charge on any atom is 0.244 e. The van der Waals surface area contributed by atoms with Crippen molar-refractivity contribution in [1.29, 1.82) is 0 Å². The Bertz CT molecular complexity index is 1360. The summed E-state index contributed by atoms with van der Waals surface area (Å²) in [5.41, 5.74) is 1.43. The van der Waals surface area contributed by atoms with E-state index in [2.05, 4.69) is 5.32 Å². The second kappa shape index (κ2) is 12.4. The summed E-state index contributed by atoms with van der Waals surface area (Å²) in [5, 5.41) is 2.93. The number of carbonyl (C=O) groups excluding carboxylic acids is 2. The van der Waals surface area contributed by atoms with E-state index in [0.717, 1.165) is 16.1 Å². The van der Waals surface area contributed by atoms with Crippen LogP contribution in [0.3, 0.4) is 0 Å². The van der Waals surface area contributed by atoms with E-state index >= 15 is 0 Å². The lowest BCUT2D eigenvalue weighted by molar-refractivity contribution is -0.139. The fourth-order valence-corrected chi connectivity index (χ4v) is 5.21. The highest BCUT2D eigenvalue weighted by Crippen LogP contribution is 2.30. The van der Waals surface area contributed by atoms with Gasteiger partial charge in [-0.15, -0.1) is 0 Å². The molecular formula is C26H26Cl2FN3O4S. The number of carbonyl (C=O) groups is 2. The van der Waals surface area contributed by atoms with Crippen molar-refractivity contribution in [3.8, 4) is 0 Å². The lowest BCUT2D eigenvalue weighted by Crippen LogP contribution is -2.52. The third kappa shape index (κ3) is 7.67. The van der Waals surface area contributed by atoms with Crippen molar-refractivity contribution in [3.63, 3.8) is 0 Å². The summed E-state index contributed by atoms with van der Waals surface area (Å²) >= 11 is 12.2. The molecule has 0 saturated carbocycles. The molecule has 0 aliphatic carbocycles. The molecule has 3 aromatic rings. The molecule has 37 heavy (non-hydrogen) atoms. The van der Waals surface area contributed by atoms with Crippen LogP contribution in [0.1, 0.15) is 11.1 Å². The largest absolute Gasteiger partial charge is 0.357 e. The van der Waals surface area contributed by atoms with Crippen LogP contribution in [0.2, 0.25) is 10.0 Å². The maximum absolute atomic E-state index is 13.8. The average molecular weight is 566 g/mol. The Balaban J connectivity index is 2.04. The van der Waals surface area contributed by atoms with Crippen LogP contribution in [0.25, 0.3) is 0 Å². The first-order valence-corrected chi connectivity index (χ1v) is 13.8. The minimum absolute atomic E-state index is 0.0444. The van der Waals surface area contributed by atoms with Crippen LogP contribution in [0.15, 0.2) is 72.8 Å². The van der Waals surface area contributed by atoms with Gasteiger partial charge in [-0.1, -0.05) is 65.7 Å². The monoisotopic (exact) mass is 565 g/mol. The van der Waals surface area contributed by atoms with Gasteiger partial charge in [-0.3, -0.25) is 13.9 Å². The van der Waals surface area contributed by atoms with Crippen LogP contribution in [0, 0.1) is 5.82 Å². The third-order valence-electron chi connectivity index (χ3n) is 5.64. The van der Waals surface area contributed by atoms with Gasteiger partial charge in [0.05, 0.1) is 17.0 Å². The van der Waals surface area contributed by atoms with Gasteiger partial charge in [-0.05, 0) is 41.5 Å². The van der Waals surface area contributed by atoms with Crippen LogP contribution in [0.4, 0.5) is 10.1 Å². The van der Waals surface area contributed by atoms with Crippen molar-refractivity contribution >= 4 is 50.7 Å². The van der Waals surface area contributed by atoms with Crippen LogP contribution in [0.5, 0.6) is 0 Å². The number of halogens is 3. The SMILES string of the molecule is CNC(=O)[C@H](Cc1ccccc1)N(Cc1ccc(F)cc1)C(=O)CN(c1ccc(Cl)cc1Cl)S(C)(=O)=O. The first-order valence-electron chi connectivity index (χ1n) is 11.2. The van der Waals surface area contributed by atoms with E-state index in [1.165, 1.54) is 54.4 Å². The standard InChI is InChI=1S/C26H26Cl2FN3O4S/c1-30-26(34)24(14-18-6-4-3-5-7-18)31(16-19-8-11-21(29)12-9-19)25(33)17-32(37(2,35)36)23-13-10-20(27)15-22(23)28/h3-13,15,24H,14,16-17H2,1-2H3,(H,30,34)/t24-/m0/s1. The summed E-state index contributed by atoms with van der Waals surface area (Å²) in [7, 11) is -2.51. The number of hydrogen-bond acceptors (Lipinski definition) is 4. The summed E-state index contributed by atoms with van der Waals surface area (Å²) in [4.78, 5) is 28.1. The topological polar surface area (TPSA) is 86.8 Å². The van der Waals surface area contributed by atoms with Crippen molar-refractivity contribution in [2.45, 2.75) is 19.0 Å². The molecule has 0 spiro atoms. The summed E-state index contributed by atoms with van der Waals surface area (Å²) in [5.74, 6) is -1.53. The second-order valence-electron chi connectivity index (χ2n) is 8.33. The molecule has 3 aromatic carbocycles. The van der Waals surface area contributed by atoms with Gasteiger partial charge in [-0.2, -0.15) is 0 Å². The normalized spacial score (nSPS) is 12.0. The molecule has 0 bridgehead atoms. The molecule has 0 aliphatic rings. The highest BCUT2D eigenvalue weighted by molar-refractivity contribution is 7.92. The molecule has 11 heteroatoms. The van der Waals surface area contributed by atoms with Gasteiger partial charge in [0, 0.05) is 25.0 Å². The molecule has 0 saturated heterocycles. The highest BCUT2D eigenvalue weighted by atomic mass is 35.5. The van der Waals surface area contributed by atoms with Crippen molar-refractivity contribution in [2.75, 3.05) is 24.2 Å². The van der Waals surface area contributed by atoms with E-state index in [-0.39, 0.29) is 23.7 Å². The van der Waals surface area contributed by atoms with Gasteiger partial charge in [0.1, 0.15) is 18.4 Å². The number of hydrogen-bond donors (Lipinski definition) is 1. The minimum Gasteiger partial charge on any atom is -0.357 e. The Labute approximate surface area is 225 Å². The Morgan fingerprint density at radius 2 is 1.62 bits per heavy atom. The molecule has 0 radical (unpaired) electrons. The lowest BCUT2D eigenvalue weighted by Gasteiger charge is -2.33. The third-order valence-corrected chi connectivity index (χ3v) is 7.31. The Hall–Kier alpha value is -3.14. The van der Waals surface area contributed by atoms with Gasteiger partial charge in [-0.25, -0.2) is 12.8 Å². The molecular weight excluding hydrogens is 540 g/mol. The fourth-order valence-electron chi connectivity index (χ4n) is 3.79. The van der Waals surface area contributed by atoms with E-state index in [1.807, 2.05) is 30.3 Å². The zero-order valence-corrected chi connectivity index (χ0v) is 22.5. The molecule has 0 heterocycles. The number of nitrogens with one attached hydrogen (secondary N) is 1. The van der Waals surface area contributed by atoms with Crippen molar-refractivity contribution in [1.82, 2.24) is 10.2 Å². The van der Waals surface area contributed by atoms with Gasteiger partial charge in [0.2, 0.25) is 21.8 Å². The molecule has 0 unspecified atom stereocenters. The molecule has 0 aromatic heterocycles. The van der Waals surface area contributed by atoms with Crippen LogP contribution in [-0.2, 0) is 32.6 Å². The van der Waals surface area contributed by atoms with E-state index in [9.17, 15) is 22.4 Å². The first kappa shape index (κ1) is 28.4. The van der Waals surface area contributed by atoms with Crippen LogP contribution in [-0.4, -0.2) is 51.0 Å². The number of anilines is 1. The van der Waals surface area contributed by atoms with Gasteiger partial charge < -0.3 is 10.2 Å². The summed E-state index contributed by atoms with van der Waals surface area (Å²) in [6.45, 7) is -0.681. The fraction of sp³-hybridized carbons (Fsp3) is 0.231. The van der Waals surface area contributed by atoms with Crippen LogP contribution >= 0.6 is 23.2 Å². The number of benzene rings is 3. The molecule has 3 rings (SSSR count). The zero-order valence-electron chi connectivity index (χ0n) is 20.2. The number of nitrogens with zero attached hydrogens (tertiary/aromatic N) is 2. The van der Waals surface area contributed by atoms with E-state index in [1.54, 1.807) is 0 Å².